The summed E-state index contributed by atoms with van der Waals surface area (Å²) in [6, 6.07) is 8.53. The minimum Gasteiger partial charge on any atom is -0.351 e. The molecule has 1 nitrogen and oxygen atoms in total. The fraction of sp³-hybridized carbons (Fsp3) is 0.111. The first-order valence-electron chi connectivity index (χ1n) is 3.58. The van der Waals surface area contributed by atoms with Gasteiger partial charge in [-0.2, -0.15) is 0 Å². The van der Waals surface area contributed by atoms with E-state index in [0.717, 1.165) is 0 Å². The zero-order valence-corrected chi connectivity index (χ0v) is 7.57. The van der Waals surface area contributed by atoms with Crippen LogP contribution in [0, 0.1) is 0 Å². The monoisotopic (exact) mass is 163 g/mol. The van der Waals surface area contributed by atoms with Crippen LogP contribution in [-0.4, -0.2) is 4.57 Å². The minimum absolute atomic E-state index is 1.24. The highest BCUT2D eigenvalue weighted by molar-refractivity contribution is 7.27. The second-order valence-corrected chi connectivity index (χ2v) is 3.41. The van der Waals surface area contributed by atoms with Crippen LogP contribution in [0.5, 0.6) is 0 Å². The third kappa shape index (κ3) is 1.06. The highest BCUT2D eigenvalue weighted by atomic mass is 31.0. The molecule has 11 heavy (non-hydrogen) atoms. The van der Waals surface area contributed by atoms with E-state index in [0.29, 0.717) is 0 Å². The Hall–Kier alpha value is -0.810. The van der Waals surface area contributed by atoms with E-state index >= 15 is 0 Å². The van der Waals surface area contributed by atoms with Gasteiger partial charge in [0.2, 0.25) is 0 Å². The Balaban J connectivity index is 2.87. The van der Waals surface area contributed by atoms with Gasteiger partial charge in [-0.1, -0.05) is 12.1 Å². The lowest BCUT2D eigenvalue weighted by Crippen LogP contribution is -1.90. The molecule has 0 saturated heterocycles. The van der Waals surface area contributed by atoms with Gasteiger partial charge in [-0.05, 0) is 22.8 Å². The van der Waals surface area contributed by atoms with E-state index in [2.05, 4.69) is 51.3 Å². The molecule has 0 saturated carbocycles. The number of benzene rings is 1. The van der Waals surface area contributed by atoms with Crippen molar-refractivity contribution in [3.8, 4) is 0 Å². The van der Waals surface area contributed by atoms with Crippen molar-refractivity contribution < 1.29 is 0 Å². The Morgan fingerprint density at radius 1 is 1.27 bits per heavy atom. The van der Waals surface area contributed by atoms with Crippen LogP contribution < -0.4 is 5.30 Å². The fourth-order valence-electron chi connectivity index (χ4n) is 1.28. The summed E-state index contributed by atoms with van der Waals surface area (Å²) in [6.07, 6.45) is 2.08. The van der Waals surface area contributed by atoms with Crippen LogP contribution in [0.25, 0.3) is 10.9 Å². The number of aryl methyl sites for hydroxylation is 1. The second-order valence-electron chi connectivity index (χ2n) is 2.74. The van der Waals surface area contributed by atoms with Gasteiger partial charge in [-0.3, -0.25) is 0 Å². The number of aromatic nitrogens is 1. The summed E-state index contributed by atoms with van der Waals surface area (Å²) in [4.78, 5) is 0. The molecule has 2 aromatic rings. The van der Waals surface area contributed by atoms with Gasteiger partial charge >= 0.3 is 0 Å². The van der Waals surface area contributed by atoms with Gasteiger partial charge in [0.1, 0.15) is 0 Å². The molecular formula is C9H10NP. The van der Waals surface area contributed by atoms with Gasteiger partial charge < -0.3 is 4.57 Å². The van der Waals surface area contributed by atoms with Crippen molar-refractivity contribution in [2.24, 2.45) is 7.05 Å². The van der Waals surface area contributed by atoms with Crippen molar-refractivity contribution in [2.45, 2.75) is 0 Å². The summed E-state index contributed by atoms with van der Waals surface area (Å²) >= 11 is 0. The van der Waals surface area contributed by atoms with E-state index in [1.807, 2.05) is 0 Å². The van der Waals surface area contributed by atoms with Gasteiger partial charge in [-0.15, -0.1) is 9.24 Å². The molecule has 0 bridgehead atoms. The molecule has 1 atom stereocenters. The van der Waals surface area contributed by atoms with Crippen molar-refractivity contribution in [1.82, 2.24) is 4.57 Å². The van der Waals surface area contributed by atoms with Crippen LogP contribution in [0.2, 0.25) is 0 Å². The molecular weight excluding hydrogens is 153 g/mol. The average Bonchev–Trinajstić information content (AvgIpc) is 2.33. The zero-order valence-electron chi connectivity index (χ0n) is 6.41. The van der Waals surface area contributed by atoms with Gasteiger partial charge in [0, 0.05) is 18.8 Å². The Morgan fingerprint density at radius 3 is 2.91 bits per heavy atom. The van der Waals surface area contributed by atoms with Gasteiger partial charge in [-0.25, -0.2) is 0 Å². The maximum Gasteiger partial charge on any atom is 0.0483 e. The van der Waals surface area contributed by atoms with Crippen molar-refractivity contribution in [3.05, 3.63) is 30.5 Å². The van der Waals surface area contributed by atoms with E-state index in [1.54, 1.807) is 0 Å². The first kappa shape index (κ1) is 6.87. The number of nitrogens with zero attached hydrogens (tertiary/aromatic N) is 1. The van der Waals surface area contributed by atoms with Crippen LogP contribution >= 0.6 is 9.24 Å². The van der Waals surface area contributed by atoms with Crippen LogP contribution in [0.4, 0.5) is 0 Å². The van der Waals surface area contributed by atoms with Crippen molar-refractivity contribution >= 4 is 25.4 Å². The predicted molar refractivity (Wildman–Crippen MR) is 52.3 cm³/mol. The number of fused-ring (bicyclic) bond motifs is 1. The summed E-state index contributed by atoms with van der Waals surface area (Å²) in [6.45, 7) is 0. The predicted octanol–water partition coefficient (Wildman–Crippen LogP) is 1.68. The standard InChI is InChI=1S/C9H10NP/c1-10-5-4-7-2-3-8(11)6-9(7)10/h2-6H,11H2,1H3. The summed E-state index contributed by atoms with van der Waals surface area (Å²) in [5, 5.41) is 2.54. The highest BCUT2D eigenvalue weighted by Gasteiger charge is 1.95. The van der Waals surface area contributed by atoms with Crippen molar-refractivity contribution in [2.75, 3.05) is 0 Å². The molecule has 1 aromatic heterocycles. The summed E-state index contributed by atoms with van der Waals surface area (Å²) in [5.41, 5.74) is 1.29. The van der Waals surface area contributed by atoms with Crippen molar-refractivity contribution in [3.63, 3.8) is 0 Å². The molecule has 0 radical (unpaired) electrons. The minimum atomic E-state index is 1.24. The maximum absolute atomic E-state index is 2.70. The lowest BCUT2D eigenvalue weighted by atomic mass is 10.2. The first-order valence-corrected chi connectivity index (χ1v) is 4.16. The quantitative estimate of drug-likeness (QED) is 0.521. The molecule has 0 aliphatic rings. The van der Waals surface area contributed by atoms with Crippen LogP contribution in [0.3, 0.4) is 0 Å². The van der Waals surface area contributed by atoms with Gasteiger partial charge in [0.15, 0.2) is 0 Å². The van der Waals surface area contributed by atoms with E-state index in [4.69, 9.17) is 0 Å². The maximum atomic E-state index is 2.70. The topological polar surface area (TPSA) is 4.93 Å². The molecule has 1 heterocycles. The lowest BCUT2D eigenvalue weighted by Gasteiger charge is -1.96. The Bertz CT molecular complexity index is 389. The SMILES string of the molecule is Cn1ccc2ccc(P)cc21. The molecule has 2 rings (SSSR count). The largest absolute Gasteiger partial charge is 0.351 e. The van der Waals surface area contributed by atoms with Crippen LogP contribution in [0.1, 0.15) is 0 Å². The number of hydrogen-bond acceptors (Lipinski definition) is 0. The molecule has 0 amide bonds. The number of rotatable bonds is 0. The highest BCUT2D eigenvalue weighted by Crippen LogP contribution is 2.12. The Morgan fingerprint density at radius 2 is 2.09 bits per heavy atom. The summed E-state index contributed by atoms with van der Waals surface area (Å²) in [5.74, 6) is 0. The van der Waals surface area contributed by atoms with E-state index in [1.165, 1.54) is 16.2 Å². The molecule has 2 heteroatoms. The second kappa shape index (κ2) is 2.35. The van der Waals surface area contributed by atoms with Gasteiger partial charge in [0.05, 0.1) is 0 Å². The zero-order chi connectivity index (χ0) is 7.84. The third-order valence-corrected chi connectivity index (χ3v) is 2.27. The third-order valence-electron chi connectivity index (χ3n) is 1.91. The average molecular weight is 163 g/mol. The first-order chi connectivity index (χ1) is 5.27. The Labute approximate surface area is 68.2 Å². The van der Waals surface area contributed by atoms with Crippen LogP contribution in [-0.2, 0) is 7.05 Å². The van der Waals surface area contributed by atoms with Gasteiger partial charge in [0.25, 0.3) is 0 Å². The van der Waals surface area contributed by atoms with Crippen molar-refractivity contribution in [1.29, 1.82) is 0 Å². The number of hydrogen-bond donors (Lipinski definition) is 0. The molecule has 56 valence electrons. The van der Waals surface area contributed by atoms with E-state index in [-0.39, 0.29) is 0 Å². The normalized spacial score (nSPS) is 10.7. The molecule has 0 spiro atoms. The molecule has 1 aromatic carbocycles. The smallest absolute Gasteiger partial charge is 0.0483 e. The molecule has 0 aliphatic carbocycles. The fourth-order valence-corrected chi connectivity index (χ4v) is 1.53. The lowest BCUT2D eigenvalue weighted by molar-refractivity contribution is 0.970. The summed E-state index contributed by atoms with van der Waals surface area (Å²) in [7, 11) is 4.77. The molecule has 1 unspecified atom stereocenters. The van der Waals surface area contributed by atoms with E-state index in [9.17, 15) is 0 Å². The molecule has 0 fully saturated rings. The molecule has 0 aliphatic heterocycles. The summed E-state index contributed by atoms with van der Waals surface area (Å²) < 4.78 is 2.13. The van der Waals surface area contributed by atoms with E-state index < -0.39 is 0 Å². The van der Waals surface area contributed by atoms with Crippen LogP contribution in [0.15, 0.2) is 30.5 Å². The molecule has 0 N–H and O–H groups in total. The Kier molecular flexibility index (Phi) is 1.47.